The normalized spacial score (nSPS) is 17.4. The van der Waals surface area contributed by atoms with Crippen molar-refractivity contribution in [2.45, 2.75) is 26.1 Å². The highest BCUT2D eigenvalue weighted by molar-refractivity contribution is 5.80. The van der Waals surface area contributed by atoms with Gasteiger partial charge in [-0.1, -0.05) is 30.3 Å². The van der Waals surface area contributed by atoms with E-state index in [9.17, 15) is 0 Å². The van der Waals surface area contributed by atoms with Gasteiger partial charge in [-0.25, -0.2) is 4.99 Å². The van der Waals surface area contributed by atoms with Gasteiger partial charge in [0, 0.05) is 32.4 Å². The number of guanidine groups is 1. The number of aryl methyl sites for hydroxylation is 2. The van der Waals surface area contributed by atoms with Gasteiger partial charge in [0.15, 0.2) is 11.8 Å². The van der Waals surface area contributed by atoms with E-state index in [1.54, 1.807) is 4.68 Å². The highest BCUT2D eigenvalue weighted by Crippen LogP contribution is 2.21. The van der Waals surface area contributed by atoms with Crippen LogP contribution in [0.5, 0.6) is 0 Å². The number of morpholine rings is 1. The average Bonchev–Trinajstić information content (AvgIpc) is 3.35. The highest BCUT2D eigenvalue weighted by atomic mass is 16.5. The van der Waals surface area contributed by atoms with Crippen molar-refractivity contribution in [3.05, 3.63) is 65.5 Å². The molecule has 1 atom stereocenters. The Balaban J connectivity index is 1.51. The lowest BCUT2D eigenvalue weighted by Gasteiger charge is -2.35. The number of aliphatic imine (C=N–C) groups is 1. The van der Waals surface area contributed by atoms with Crippen molar-refractivity contribution in [1.29, 1.82) is 0 Å². The van der Waals surface area contributed by atoms with E-state index < -0.39 is 0 Å². The van der Waals surface area contributed by atoms with Crippen molar-refractivity contribution in [2.24, 2.45) is 19.1 Å². The van der Waals surface area contributed by atoms with E-state index in [1.165, 1.54) is 5.56 Å². The van der Waals surface area contributed by atoms with Gasteiger partial charge >= 0.3 is 0 Å². The maximum Gasteiger partial charge on any atom is 0.194 e. The van der Waals surface area contributed by atoms with Crippen LogP contribution < -0.4 is 5.32 Å². The summed E-state index contributed by atoms with van der Waals surface area (Å²) in [7, 11) is 3.89. The van der Waals surface area contributed by atoms with Gasteiger partial charge in [0.25, 0.3) is 0 Å². The molecule has 9 nitrogen and oxygen atoms in total. The third-order valence-corrected chi connectivity index (χ3v) is 5.30. The Labute approximate surface area is 176 Å². The van der Waals surface area contributed by atoms with E-state index >= 15 is 0 Å². The summed E-state index contributed by atoms with van der Waals surface area (Å²) >= 11 is 0. The third-order valence-electron chi connectivity index (χ3n) is 5.30. The molecule has 1 unspecified atom stereocenters. The fraction of sp³-hybridized carbons (Fsp3) is 0.429. The van der Waals surface area contributed by atoms with Gasteiger partial charge in [-0.05, 0) is 12.5 Å². The van der Waals surface area contributed by atoms with Crippen LogP contribution in [0.4, 0.5) is 0 Å². The molecule has 1 saturated heterocycles. The second-order valence-corrected chi connectivity index (χ2v) is 7.45. The number of benzene rings is 1. The number of nitrogens with zero attached hydrogens (tertiary/aromatic N) is 7. The number of rotatable bonds is 5. The summed E-state index contributed by atoms with van der Waals surface area (Å²) in [6, 6.07) is 10.3. The van der Waals surface area contributed by atoms with E-state index in [-0.39, 0.29) is 6.10 Å². The van der Waals surface area contributed by atoms with Gasteiger partial charge in [-0.15, -0.1) is 10.2 Å². The van der Waals surface area contributed by atoms with Gasteiger partial charge in [-0.3, -0.25) is 4.68 Å². The molecule has 2 aromatic heterocycles. The van der Waals surface area contributed by atoms with Crippen molar-refractivity contribution in [3.63, 3.8) is 0 Å². The monoisotopic (exact) mass is 408 g/mol. The van der Waals surface area contributed by atoms with Crippen molar-refractivity contribution < 1.29 is 4.74 Å². The molecule has 1 fully saturated rings. The van der Waals surface area contributed by atoms with Gasteiger partial charge in [0.1, 0.15) is 11.9 Å². The van der Waals surface area contributed by atoms with Crippen LogP contribution in [0.3, 0.4) is 0 Å². The van der Waals surface area contributed by atoms with Gasteiger partial charge < -0.3 is 19.5 Å². The maximum atomic E-state index is 6.00. The van der Waals surface area contributed by atoms with Gasteiger partial charge in [0.2, 0.25) is 0 Å². The SMILES string of the molecule is Cc1nnc(CNC(=NCc2ccccc2)N2CCOC(c3cnn(C)c3)C2)n1C. The molecule has 4 rings (SSSR count). The molecule has 1 aliphatic heterocycles. The minimum absolute atomic E-state index is 0.0340. The first kappa shape index (κ1) is 20.1. The first-order valence-electron chi connectivity index (χ1n) is 10.1. The van der Waals surface area contributed by atoms with Crippen molar-refractivity contribution in [2.75, 3.05) is 19.7 Å². The lowest BCUT2D eigenvalue weighted by molar-refractivity contribution is -0.00813. The van der Waals surface area contributed by atoms with Crippen LogP contribution in [0.15, 0.2) is 47.7 Å². The first-order chi connectivity index (χ1) is 14.6. The van der Waals surface area contributed by atoms with Gasteiger partial charge in [-0.2, -0.15) is 5.10 Å². The molecule has 0 bridgehead atoms. The number of aromatic nitrogens is 5. The Morgan fingerprint density at radius 2 is 2.07 bits per heavy atom. The van der Waals surface area contributed by atoms with E-state index in [0.29, 0.717) is 26.2 Å². The maximum absolute atomic E-state index is 6.00. The van der Waals surface area contributed by atoms with Crippen LogP contribution in [0.2, 0.25) is 0 Å². The van der Waals surface area contributed by atoms with Crippen molar-refractivity contribution >= 4 is 5.96 Å². The van der Waals surface area contributed by atoms with E-state index in [1.807, 2.05) is 56.2 Å². The number of hydrogen-bond donors (Lipinski definition) is 1. The summed E-state index contributed by atoms with van der Waals surface area (Å²) in [5, 5.41) is 16.2. The van der Waals surface area contributed by atoms with Crippen molar-refractivity contribution in [3.8, 4) is 0 Å². The van der Waals surface area contributed by atoms with E-state index in [0.717, 1.165) is 29.7 Å². The molecule has 1 aliphatic rings. The van der Waals surface area contributed by atoms with Crippen LogP contribution in [-0.2, 0) is 31.9 Å². The second kappa shape index (κ2) is 9.08. The lowest BCUT2D eigenvalue weighted by Crippen LogP contribution is -2.48. The molecule has 0 spiro atoms. The second-order valence-electron chi connectivity index (χ2n) is 7.45. The summed E-state index contributed by atoms with van der Waals surface area (Å²) < 4.78 is 9.79. The number of ether oxygens (including phenoxy) is 1. The molecular formula is C21H28N8O. The Morgan fingerprint density at radius 1 is 1.23 bits per heavy atom. The summed E-state index contributed by atoms with van der Waals surface area (Å²) in [6.07, 6.45) is 3.84. The predicted molar refractivity (Wildman–Crippen MR) is 114 cm³/mol. The van der Waals surface area contributed by atoms with Gasteiger partial charge in [0.05, 0.1) is 32.4 Å². The molecule has 3 aromatic rings. The number of hydrogen-bond acceptors (Lipinski definition) is 5. The molecule has 0 amide bonds. The quantitative estimate of drug-likeness (QED) is 0.510. The Hall–Kier alpha value is -3.20. The fourth-order valence-corrected chi connectivity index (χ4v) is 3.43. The molecule has 0 saturated carbocycles. The topological polar surface area (TPSA) is 85.4 Å². The zero-order valence-electron chi connectivity index (χ0n) is 17.7. The third kappa shape index (κ3) is 4.68. The summed E-state index contributed by atoms with van der Waals surface area (Å²) in [4.78, 5) is 7.14. The summed E-state index contributed by atoms with van der Waals surface area (Å²) in [5.74, 6) is 2.60. The minimum Gasteiger partial charge on any atom is -0.370 e. The average molecular weight is 409 g/mol. The van der Waals surface area contributed by atoms with Crippen LogP contribution in [0.1, 0.15) is 28.9 Å². The molecule has 9 heteroatoms. The van der Waals surface area contributed by atoms with Crippen LogP contribution in [0.25, 0.3) is 0 Å². The first-order valence-corrected chi connectivity index (χ1v) is 10.1. The Bertz CT molecular complexity index is 994. The van der Waals surface area contributed by atoms with E-state index in [2.05, 4.69) is 37.6 Å². The summed E-state index contributed by atoms with van der Waals surface area (Å²) in [6.45, 7) is 5.23. The molecule has 1 aromatic carbocycles. The highest BCUT2D eigenvalue weighted by Gasteiger charge is 2.25. The van der Waals surface area contributed by atoms with Crippen LogP contribution in [-0.4, -0.2) is 55.1 Å². The van der Waals surface area contributed by atoms with Crippen LogP contribution >= 0.6 is 0 Å². The summed E-state index contributed by atoms with van der Waals surface area (Å²) in [5.41, 5.74) is 2.25. The molecular weight excluding hydrogens is 380 g/mol. The predicted octanol–water partition coefficient (Wildman–Crippen LogP) is 1.58. The molecule has 0 radical (unpaired) electrons. The number of nitrogens with one attached hydrogen (secondary N) is 1. The lowest BCUT2D eigenvalue weighted by atomic mass is 10.1. The smallest absolute Gasteiger partial charge is 0.194 e. The fourth-order valence-electron chi connectivity index (χ4n) is 3.43. The standard InChI is InChI=1S/C21H28N8O/c1-16-25-26-20(28(16)3)13-23-21(22-11-17-7-5-4-6-8-17)29-9-10-30-19(15-29)18-12-24-27(2)14-18/h4-8,12,14,19H,9-11,13,15H2,1-3H3,(H,22,23). The van der Waals surface area contributed by atoms with Crippen LogP contribution in [0, 0.1) is 6.92 Å². The Morgan fingerprint density at radius 3 is 2.77 bits per heavy atom. The molecule has 1 N–H and O–H groups in total. The largest absolute Gasteiger partial charge is 0.370 e. The molecule has 30 heavy (non-hydrogen) atoms. The van der Waals surface area contributed by atoms with E-state index in [4.69, 9.17) is 9.73 Å². The molecule has 158 valence electrons. The van der Waals surface area contributed by atoms with Crippen molar-refractivity contribution in [1.82, 2.24) is 34.8 Å². The molecule has 3 heterocycles. The minimum atomic E-state index is -0.0340. The Kier molecular flexibility index (Phi) is 6.08. The molecule has 0 aliphatic carbocycles. The zero-order valence-corrected chi connectivity index (χ0v) is 17.7. The zero-order chi connectivity index (χ0) is 20.9.